The maximum Gasteiger partial charge on any atom is 0.573 e. The van der Waals surface area contributed by atoms with Gasteiger partial charge in [-0.1, -0.05) is 11.3 Å². The van der Waals surface area contributed by atoms with Crippen LogP contribution in [0.2, 0.25) is 0 Å². The van der Waals surface area contributed by atoms with Gasteiger partial charge in [0, 0.05) is 6.54 Å². The molecule has 2 heterocycles. The summed E-state index contributed by atoms with van der Waals surface area (Å²) in [5, 5.41) is 7.62. The number of nitrogens with zero attached hydrogens (tertiary/aromatic N) is 5. The number of hydrogen-bond acceptors (Lipinski definition) is 5. The second kappa shape index (κ2) is 5.80. The molecule has 0 saturated carbocycles. The summed E-state index contributed by atoms with van der Waals surface area (Å²) in [6, 6.07) is 4.98. The van der Waals surface area contributed by atoms with E-state index >= 15 is 0 Å². The zero-order chi connectivity index (χ0) is 17.3. The van der Waals surface area contributed by atoms with Crippen LogP contribution in [-0.2, 0) is 6.54 Å². The Morgan fingerprint density at radius 1 is 1.25 bits per heavy atom. The Labute approximate surface area is 132 Å². The Bertz CT molecular complexity index is 944. The van der Waals surface area contributed by atoms with Crippen molar-refractivity contribution in [3.63, 3.8) is 0 Å². The Morgan fingerprint density at radius 2 is 1.96 bits per heavy atom. The number of allylic oxidation sites excluding steroid dienone is 1. The van der Waals surface area contributed by atoms with Gasteiger partial charge in [0.05, 0.1) is 5.69 Å². The van der Waals surface area contributed by atoms with Gasteiger partial charge < -0.3 is 4.74 Å². The summed E-state index contributed by atoms with van der Waals surface area (Å²) in [7, 11) is 0. The number of benzene rings is 1. The first-order valence-electron chi connectivity index (χ1n) is 6.67. The lowest BCUT2D eigenvalue weighted by molar-refractivity contribution is -0.274. The second-order valence-electron chi connectivity index (χ2n) is 4.71. The number of fused-ring (bicyclic) bond motifs is 1. The van der Waals surface area contributed by atoms with Crippen LogP contribution in [0.15, 0.2) is 48.0 Å². The Kier molecular flexibility index (Phi) is 3.80. The molecular weight excluding hydrogens is 327 g/mol. The van der Waals surface area contributed by atoms with Crippen molar-refractivity contribution in [1.82, 2.24) is 24.5 Å². The number of halogens is 3. The number of hydrogen-bond donors (Lipinski definition) is 0. The summed E-state index contributed by atoms with van der Waals surface area (Å²) < 4.78 is 42.9. The van der Waals surface area contributed by atoms with Crippen molar-refractivity contribution in [3.05, 3.63) is 53.6 Å². The lowest BCUT2D eigenvalue weighted by Crippen LogP contribution is -2.20. The van der Waals surface area contributed by atoms with Crippen LogP contribution in [0.1, 0.15) is 0 Å². The SMILES string of the molecule is C=CCn1cnc2c(nnn2-c2ccc(OC(F)(F)F)cc2)c1=O. The van der Waals surface area contributed by atoms with Crippen LogP contribution in [0.4, 0.5) is 13.2 Å². The molecule has 0 unspecified atom stereocenters. The van der Waals surface area contributed by atoms with E-state index < -0.39 is 6.36 Å². The molecule has 0 N–H and O–H groups in total. The maximum absolute atomic E-state index is 12.2. The van der Waals surface area contributed by atoms with Gasteiger partial charge in [-0.3, -0.25) is 9.36 Å². The largest absolute Gasteiger partial charge is 0.573 e. The third-order valence-electron chi connectivity index (χ3n) is 3.07. The van der Waals surface area contributed by atoms with Gasteiger partial charge in [0.1, 0.15) is 12.1 Å². The third-order valence-corrected chi connectivity index (χ3v) is 3.07. The molecule has 2 aromatic heterocycles. The molecule has 0 aliphatic heterocycles. The normalized spacial score (nSPS) is 11.6. The number of alkyl halides is 3. The highest BCUT2D eigenvalue weighted by Gasteiger charge is 2.31. The number of aromatic nitrogens is 5. The standard InChI is InChI=1S/C14H10F3N5O2/c1-2-7-21-8-18-12-11(13(21)23)19-20-22(12)9-3-5-10(6-4-9)24-14(15,16)17/h2-6,8H,1,7H2. The molecule has 0 bridgehead atoms. The zero-order valence-electron chi connectivity index (χ0n) is 12.1. The Balaban J connectivity index is 1.99. The third kappa shape index (κ3) is 2.98. The quantitative estimate of drug-likeness (QED) is 0.681. The van der Waals surface area contributed by atoms with Crippen LogP contribution in [0.5, 0.6) is 5.75 Å². The van der Waals surface area contributed by atoms with E-state index in [1.54, 1.807) is 6.08 Å². The molecule has 1 aromatic carbocycles. The molecule has 0 amide bonds. The van der Waals surface area contributed by atoms with Crippen molar-refractivity contribution >= 4 is 11.2 Å². The summed E-state index contributed by atoms with van der Waals surface area (Å²) in [4.78, 5) is 16.3. The predicted molar refractivity (Wildman–Crippen MR) is 77.8 cm³/mol. The number of ether oxygens (including phenoxy) is 1. The van der Waals surface area contributed by atoms with Crippen molar-refractivity contribution in [2.45, 2.75) is 12.9 Å². The van der Waals surface area contributed by atoms with Crippen molar-refractivity contribution < 1.29 is 17.9 Å². The van der Waals surface area contributed by atoms with Crippen molar-refractivity contribution in [1.29, 1.82) is 0 Å². The monoisotopic (exact) mass is 337 g/mol. The Hall–Kier alpha value is -3.17. The van der Waals surface area contributed by atoms with Crippen molar-refractivity contribution in [2.75, 3.05) is 0 Å². The first-order chi connectivity index (χ1) is 11.4. The minimum absolute atomic E-state index is 0.0509. The minimum Gasteiger partial charge on any atom is -0.406 e. The van der Waals surface area contributed by atoms with Crippen LogP contribution < -0.4 is 10.3 Å². The molecule has 0 atom stereocenters. The fraction of sp³-hybridized carbons (Fsp3) is 0.143. The van der Waals surface area contributed by atoms with E-state index in [0.29, 0.717) is 5.69 Å². The molecule has 0 aliphatic carbocycles. The van der Waals surface area contributed by atoms with E-state index in [9.17, 15) is 18.0 Å². The highest BCUT2D eigenvalue weighted by molar-refractivity contribution is 5.70. The fourth-order valence-electron chi connectivity index (χ4n) is 2.08. The van der Waals surface area contributed by atoms with E-state index in [0.717, 1.165) is 12.1 Å². The summed E-state index contributed by atoms with van der Waals surface area (Å²) in [6.07, 6.45) is -1.90. The molecule has 0 spiro atoms. The molecule has 124 valence electrons. The molecule has 3 aromatic rings. The molecule has 7 nitrogen and oxygen atoms in total. The van der Waals surface area contributed by atoms with Crippen molar-refractivity contribution in [3.8, 4) is 11.4 Å². The molecule has 0 radical (unpaired) electrons. The van der Waals surface area contributed by atoms with Crippen LogP contribution >= 0.6 is 0 Å². The lowest BCUT2D eigenvalue weighted by atomic mass is 10.3. The van der Waals surface area contributed by atoms with Crippen LogP contribution in [0.25, 0.3) is 16.9 Å². The zero-order valence-corrected chi connectivity index (χ0v) is 12.1. The van der Waals surface area contributed by atoms with Crippen LogP contribution in [0, 0.1) is 0 Å². The van der Waals surface area contributed by atoms with Crippen molar-refractivity contribution in [2.24, 2.45) is 0 Å². The Morgan fingerprint density at radius 3 is 2.58 bits per heavy atom. The molecule has 24 heavy (non-hydrogen) atoms. The summed E-state index contributed by atoms with van der Waals surface area (Å²) >= 11 is 0. The fourth-order valence-corrected chi connectivity index (χ4v) is 2.08. The first kappa shape index (κ1) is 15.7. The van der Waals surface area contributed by atoms with Gasteiger partial charge in [0.25, 0.3) is 5.56 Å². The van der Waals surface area contributed by atoms with Crippen LogP contribution in [-0.4, -0.2) is 30.9 Å². The number of rotatable bonds is 4. The lowest BCUT2D eigenvalue weighted by Gasteiger charge is -2.09. The van der Waals surface area contributed by atoms with Gasteiger partial charge in [0.2, 0.25) is 0 Å². The van der Waals surface area contributed by atoms with E-state index in [2.05, 4.69) is 26.6 Å². The average Bonchev–Trinajstić information content (AvgIpc) is 2.94. The van der Waals surface area contributed by atoms with Crippen LogP contribution in [0.3, 0.4) is 0 Å². The van der Waals surface area contributed by atoms with Gasteiger partial charge >= 0.3 is 6.36 Å². The highest BCUT2D eigenvalue weighted by atomic mass is 19.4. The average molecular weight is 337 g/mol. The maximum atomic E-state index is 12.2. The minimum atomic E-state index is -4.76. The van der Waals surface area contributed by atoms with Gasteiger partial charge in [-0.25, -0.2) is 4.98 Å². The van der Waals surface area contributed by atoms with E-state index in [1.165, 1.54) is 27.7 Å². The van der Waals surface area contributed by atoms with E-state index in [4.69, 9.17) is 0 Å². The second-order valence-corrected chi connectivity index (χ2v) is 4.71. The summed E-state index contributed by atoms with van der Waals surface area (Å²) in [5.74, 6) is -0.364. The molecule has 10 heteroatoms. The van der Waals surface area contributed by atoms with Gasteiger partial charge in [0.15, 0.2) is 11.2 Å². The first-order valence-corrected chi connectivity index (χ1v) is 6.67. The molecule has 0 saturated heterocycles. The summed E-state index contributed by atoms with van der Waals surface area (Å²) in [5.41, 5.74) is 0.253. The molecular formula is C14H10F3N5O2. The van der Waals surface area contributed by atoms with Gasteiger partial charge in [-0.15, -0.1) is 24.8 Å². The van der Waals surface area contributed by atoms with E-state index in [1.807, 2.05) is 0 Å². The summed E-state index contributed by atoms with van der Waals surface area (Å²) in [6.45, 7) is 3.82. The topological polar surface area (TPSA) is 74.8 Å². The highest BCUT2D eigenvalue weighted by Crippen LogP contribution is 2.24. The smallest absolute Gasteiger partial charge is 0.406 e. The molecule has 0 aliphatic rings. The predicted octanol–water partition coefficient (Wildman–Crippen LogP) is 2.06. The van der Waals surface area contributed by atoms with Gasteiger partial charge in [-0.2, -0.15) is 4.68 Å². The van der Waals surface area contributed by atoms with Gasteiger partial charge in [-0.05, 0) is 24.3 Å². The molecule has 3 rings (SSSR count). The van der Waals surface area contributed by atoms with E-state index in [-0.39, 0.29) is 29.0 Å². The molecule has 0 fully saturated rings.